The van der Waals surface area contributed by atoms with Gasteiger partial charge < -0.3 is 14.8 Å². The first-order valence-corrected chi connectivity index (χ1v) is 14.7. The smallest absolute Gasteiger partial charge is 0.307 e. The fraction of sp³-hybridized carbons (Fsp3) is 0.273. The van der Waals surface area contributed by atoms with E-state index in [2.05, 4.69) is 16.3 Å². The lowest BCUT2D eigenvalue weighted by Gasteiger charge is -2.15. The molecule has 2 aromatic heterocycles. The van der Waals surface area contributed by atoms with E-state index in [0.717, 1.165) is 58.7 Å². The number of aromatic nitrogens is 3. The number of nitriles is 1. The molecule has 0 radical (unpaired) electrons. The molecule has 1 fully saturated rings. The Kier molecular flexibility index (Phi) is 6.98. The molecule has 10 heteroatoms. The van der Waals surface area contributed by atoms with E-state index in [1.807, 2.05) is 66.3 Å². The van der Waals surface area contributed by atoms with Crippen molar-refractivity contribution >= 4 is 28.7 Å². The number of aliphatic carboxylic acids is 1. The second-order valence-corrected chi connectivity index (χ2v) is 11.6. The zero-order valence-corrected chi connectivity index (χ0v) is 24.4. The van der Waals surface area contributed by atoms with Gasteiger partial charge in [-0.05, 0) is 60.8 Å². The van der Waals surface area contributed by atoms with Gasteiger partial charge in [0.15, 0.2) is 5.58 Å². The molecule has 43 heavy (non-hydrogen) atoms. The Morgan fingerprint density at radius 2 is 2.02 bits per heavy atom. The number of carboxylic acid groups (broad SMARTS) is 1. The SMILES string of the molecule is Cc1c(-c2nc3cc(CN4CC[C@H](C(=O)O)C4)cc(C#N)c3o2)cccc1-c1cccc(-n2cc3c(n2)CCNC3)c1Cl. The van der Waals surface area contributed by atoms with Crippen molar-refractivity contribution < 1.29 is 14.3 Å². The lowest BCUT2D eigenvalue weighted by molar-refractivity contribution is -0.141. The minimum atomic E-state index is -0.764. The Bertz CT molecular complexity index is 1910. The number of carbonyl (C=O) groups is 1. The van der Waals surface area contributed by atoms with E-state index in [1.54, 1.807) is 0 Å². The van der Waals surface area contributed by atoms with Gasteiger partial charge in [-0.3, -0.25) is 9.69 Å². The third kappa shape index (κ3) is 4.97. The molecule has 0 amide bonds. The van der Waals surface area contributed by atoms with Gasteiger partial charge in [-0.25, -0.2) is 9.67 Å². The first-order chi connectivity index (χ1) is 20.9. The van der Waals surface area contributed by atoms with Gasteiger partial charge in [0.05, 0.1) is 27.9 Å². The molecule has 4 heterocycles. The second-order valence-electron chi connectivity index (χ2n) is 11.3. The summed E-state index contributed by atoms with van der Waals surface area (Å²) in [6.07, 6.45) is 3.56. The number of carboxylic acids is 1. The normalized spacial score (nSPS) is 16.8. The Balaban J connectivity index is 1.23. The van der Waals surface area contributed by atoms with Gasteiger partial charge in [0, 0.05) is 55.5 Å². The number of halogens is 1. The van der Waals surface area contributed by atoms with Crippen molar-refractivity contribution in [3.63, 3.8) is 0 Å². The van der Waals surface area contributed by atoms with Crippen LogP contribution in [0.2, 0.25) is 5.02 Å². The van der Waals surface area contributed by atoms with Crippen LogP contribution in [0.3, 0.4) is 0 Å². The minimum absolute atomic E-state index is 0.357. The van der Waals surface area contributed by atoms with E-state index < -0.39 is 5.97 Å². The van der Waals surface area contributed by atoms with Crippen LogP contribution < -0.4 is 5.32 Å². The lowest BCUT2D eigenvalue weighted by atomic mass is 9.96. The molecule has 1 saturated heterocycles. The van der Waals surface area contributed by atoms with Crippen LogP contribution in [0.15, 0.2) is 59.1 Å². The number of nitrogens with one attached hydrogen (secondary N) is 1. The number of nitrogens with zero attached hydrogens (tertiary/aromatic N) is 5. The Morgan fingerprint density at radius 3 is 2.81 bits per heavy atom. The van der Waals surface area contributed by atoms with Crippen LogP contribution in [0, 0.1) is 24.2 Å². The quantitative estimate of drug-likeness (QED) is 0.256. The molecule has 9 nitrogen and oxygen atoms in total. The monoisotopic (exact) mass is 592 g/mol. The standard InChI is InChI=1S/C33H29ClN6O3/c1-19-24(26-6-3-7-29(30(26)34)40-18-23-15-36-10-8-27(23)38-40)4-2-5-25(19)32-37-28-13-20(12-22(14-35)31(28)43-32)16-39-11-9-21(17-39)33(41)42/h2-7,12-13,18,21,36H,8-11,15-17H2,1H3,(H,41,42)/t21-/m0/s1. The first kappa shape index (κ1) is 27.3. The lowest BCUT2D eigenvalue weighted by Crippen LogP contribution is -2.22. The fourth-order valence-electron chi connectivity index (χ4n) is 6.24. The molecule has 2 aliphatic heterocycles. The number of rotatable bonds is 6. The van der Waals surface area contributed by atoms with Gasteiger partial charge in [0.1, 0.15) is 11.6 Å². The van der Waals surface area contributed by atoms with E-state index in [4.69, 9.17) is 26.1 Å². The molecule has 0 saturated carbocycles. The summed E-state index contributed by atoms with van der Waals surface area (Å²) in [5.74, 6) is -0.695. The van der Waals surface area contributed by atoms with Crippen molar-refractivity contribution in [1.82, 2.24) is 25.0 Å². The molecule has 0 spiro atoms. The number of hydrogen-bond acceptors (Lipinski definition) is 7. The summed E-state index contributed by atoms with van der Waals surface area (Å²) in [6.45, 7) is 5.49. The van der Waals surface area contributed by atoms with Gasteiger partial charge in [-0.2, -0.15) is 10.4 Å². The van der Waals surface area contributed by atoms with Gasteiger partial charge >= 0.3 is 5.97 Å². The summed E-state index contributed by atoms with van der Waals surface area (Å²) < 4.78 is 8.08. The molecular formula is C33H29ClN6O3. The third-order valence-corrected chi connectivity index (χ3v) is 8.91. The summed E-state index contributed by atoms with van der Waals surface area (Å²) >= 11 is 7.04. The van der Waals surface area contributed by atoms with Gasteiger partial charge in [-0.1, -0.05) is 35.9 Å². The van der Waals surface area contributed by atoms with Crippen molar-refractivity contribution in [3.05, 3.63) is 87.7 Å². The summed E-state index contributed by atoms with van der Waals surface area (Å²) in [6, 6.07) is 17.9. The van der Waals surface area contributed by atoms with Crippen molar-refractivity contribution in [1.29, 1.82) is 5.26 Å². The van der Waals surface area contributed by atoms with Crippen LogP contribution in [-0.4, -0.2) is 50.4 Å². The van der Waals surface area contributed by atoms with E-state index in [-0.39, 0.29) is 5.92 Å². The summed E-state index contributed by atoms with van der Waals surface area (Å²) in [4.78, 5) is 18.3. The van der Waals surface area contributed by atoms with Crippen molar-refractivity contribution in [2.24, 2.45) is 5.92 Å². The van der Waals surface area contributed by atoms with Crippen LogP contribution in [-0.2, 0) is 24.3 Å². The highest BCUT2D eigenvalue weighted by Crippen LogP contribution is 2.39. The van der Waals surface area contributed by atoms with Crippen molar-refractivity contribution in [2.75, 3.05) is 19.6 Å². The highest BCUT2D eigenvalue weighted by molar-refractivity contribution is 6.35. The highest BCUT2D eigenvalue weighted by atomic mass is 35.5. The van der Waals surface area contributed by atoms with Crippen molar-refractivity contribution in [2.45, 2.75) is 32.9 Å². The predicted octanol–water partition coefficient (Wildman–Crippen LogP) is 5.73. The Morgan fingerprint density at radius 1 is 1.21 bits per heavy atom. The predicted molar refractivity (Wildman–Crippen MR) is 163 cm³/mol. The third-order valence-electron chi connectivity index (χ3n) is 8.51. The molecule has 2 N–H and O–H groups in total. The number of benzene rings is 3. The van der Waals surface area contributed by atoms with Gasteiger partial charge in [0.2, 0.25) is 5.89 Å². The summed E-state index contributed by atoms with van der Waals surface area (Å²) in [7, 11) is 0. The maximum absolute atomic E-state index is 11.4. The number of likely N-dealkylation sites (tertiary alicyclic amines) is 1. The first-order valence-electron chi connectivity index (χ1n) is 14.4. The zero-order chi connectivity index (χ0) is 29.7. The van der Waals surface area contributed by atoms with Crippen LogP contribution >= 0.6 is 11.6 Å². The van der Waals surface area contributed by atoms with Crippen molar-refractivity contribution in [3.8, 4) is 34.3 Å². The average molecular weight is 593 g/mol. The molecular weight excluding hydrogens is 564 g/mol. The Hall–Kier alpha value is -4.49. The Labute approximate surface area is 253 Å². The molecule has 0 aliphatic carbocycles. The van der Waals surface area contributed by atoms with E-state index >= 15 is 0 Å². The second kappa shape index (κ2) is 11.0. The number of oxazole rings is 1. The van der Waals surface area contributed by atoms with Crippen LogP contribution in [0.25, 0.3) is 39.4 Å². The van der Waals surface area contributed by atoms with E-state index in [9.17, 15) is 15.2 Å². The maximum Gasteiger partial charge on any atom is 0.307 e. The van der Waals surface area contributed by atoms with Crippen LogP contribution in [0.5, 0.6) is 0 Å². The van der Waals surface area contributed by atoms with E-state index in [0.29, 0.717) is 53.6 Å². The topological polar surface area (TPSA) is 120 Å². The van der Waals surface area contributed by atoms with Gasteiger partial charge in [-0.15, -0.1) is 0 Å². The van der Waals surface area contributed by atoms with Gasteiger partial charge in [0.25, 0.3) is 0 Å². The number of hydrogen-bond donors (Lipinski definition) is 2. The van der Waals surface area contributed by atoms with E-state index in [1.165, 1.54) is 5.56 Å². The van der Waals surface area contributed by atoms with Crippen LogP contribution in [0.1, 0.15) is 34.4 Å². The summed E-state index contributed by atoms with van der Waals surface area (Å²) in [5, 5.41) is 28.1. The average Bonchev–Trinajstić information content (AvgIpc) is 3.75. The molecule has 2 aliphatic rings. The zero-order valence-electron chi connectivity index (χ0n) is 23.6. The largest absolute Gasteiger partial charge is 0.481 e. The molecule has 0 unspecified atom stereocenters. The summed E-state index contributed by atoms with van der Waals surface area (Å²) in [5.41, 5.74) is 9.04. The molecule has 0 bridgehead atoms. The molecule has 3 aromatic carbocycles. The molecule has 7 rings (SSSR count). The maximum atomic E-state index is 11.4. The highest BCUT2D eigenvalue weighted by Gasteiger charge is 2.28. The fourth-order valence-corrected chi connectivity index (χ4v) is 6.55. The number of fused-ring (bicyclic) bond motifs is 2. The minimum Gasteiger partial charge on any atom is -0.481 e. The van der Waals surface area contributed by atoms with Crippen LogP contribution in [0.4, 0.5) is 0 Å². The molecule has 216 valence electrons. The molecule has 1 atom stereocenters. The molecule has 5 aromatic rings.